The van der Waals surface area contributed by atoms with E-state index >= 15 is 0 Å². The topological polar surface area (TPSA) is 89.5 Å². The lowest BCUT2D eigenvalue weighted by atomic mass is 10.2. The molecule has 0 unspecified atom stereocenters. The molecule has 4 N–H and O–H groups in total. The first-order chi connectivity index (χ1) is 10.3. The van der Waals surface area contributed by atoms with Gasteiger partial charge in [0, 0.05) is 18.9 Å². The fourth-order valence-electron chi connectivity index (χ4n) is 2.05. The van der Waals surface area contributed by atoms with Gasteiger partial charge in [-0.2, -0.15) is 0 Å². The Hall–Kier alpha value is -2.80. The van der Waals surface area contributed by atoms with E-state index in [1.165, 1.54) is 0 Å². The highest BCUT2D eigenvalue weighted by molar-refractivity contribution is 5.65. The molecule has 7 heteroatoms. The largest absolute Gasteiger partial charge is 0.497 e. The number of nitrogens with one attached hydrogen (secondary N) is 2. The van der Waals surface area contributed by atoms with Gasteiger partial charge in [-0.1, -0.05) is 12.1 Å². The van der Waals surface area contributed by atoms with Crippen LogP contribution in [0.4, 0.5) is 11.6 Å². The third kappa shape index (κ3) is 2.72. The van der Waals surface area contributed by atoms with Crippen molar-refractivity contribution in [3.05, 3.63) is 48.4 Å². The lowest BCUT2D eigenvalue weighted by Gasteiger charge is -2.09. The van der Waals surface area contributed by atoms with E-state index in [0.29, 0.717) is 18.2 Å². The summed E-state index contributed by atoms with van der Waals surface area (Å²) in [5.41, 5.74) is 4.42. The van der Waals surface area contributed by atoms with E-state index in [2.05, 4.69) is 20.7 Å². The molecule has 0 aliphatic heterocycles. The summed E-state index contributed by atoms with van der Waals surface area (Å²) in [5, 5.41) is 3.27. The molecule has 1 aromatic carbocycles. The molecule has 0 saturated heterocycles. The normalized spacial score (nSPS) is 10.6. The Kier molecular flexibility index (Phi) is 3.57. The molecule has 0 spiro atoms. The molecule has 3 rings (SSSR count). The van der Waals surface area contributed by atoms with Gasteiger partial charge in [0.1, 0.15) is 5.75 Å². The van der Waals surface area contributed by atoms with Crippen LogP contribution >= 0.6 is 0 Å². The van der Waals surface area contributed by atoms with Crippen molar-refractivity contribution < 1.29 is 4.74 Å². The molecule has 0 radical (unpaired) electrons. The van der Waals surface area contributed by atoms with Crippen molar-refractivity contribution >= 4 is 17.3 Å². The number of rotatable bonds is 5. The lowest BCUT2D eigenvalue weighted by molar-refractivity contribution is 0.414. The van der Waals surface area contributed by atoms with Gasteiger partial charge in [0.15, 0.2) is 17.3 Å². The quantitative estimate of drug-likeness (QED) is 0.487. The number of nitrogens with two attached hydrogens (primary N) is 1. The van der Waals surface area contributed by atoms with Gasteiger partial charge < -0.3 is 19.9 Å². The zero-order chi connectivity index (χ0) is 14.7. The number of nitrogens with zero attached hydrogens (tertiary/aromatic N) is 3. The molecule has 0 aliphatic rings. The zero-order valence-electron chi connectivity index (χ0n) is 11.6. The predicted molar refractivity (Wildman–Crippen MR) is 81.1 cm³/mol. The second-order valence-electron chi connectivity index (χ2n) is 4.48. The van der Waals surface area contributed by atoms with Crippen LogP contribution in [0.25, 0.3) is 5.65 Å². The summed E-state index contributed by atoms with van der Waals surface area (Å²) in [6.45, 7) is 0.632. The first kappa shape index (κ1) is 13.2. The molecule has 7 nitrogen and oxygen atoms in total. The van der Waals surface area contributed by atoms with Crippen molar-refractivity contribution in [2.45, 2.75) is 6.54 Å². The third-order valence-electron chi connectivity index (χ3n) is 3.14. The van der Waals surface area contributed by atoms with E-state index in [1.54, 1.807) is 19.5 Å². The van der Waals surface area contributed by atoms with Crippen molar-refractivity contribution in [1.29, 1.82) is 0 Å². The summed E-state index contributed by atoms with van der Waals surface area (Å²) < 4.78 is 7.00. The summed E-state index contributed by atoms with van der Waals surface area (Å²) in [6.07, 6.45) is 5.34. The molecular formula is C14H16N6O. The summed E-state index contributed by atoms with van der Waals surface area (Å²) >= 11 is 0. The number of imidazole rings is 1. The number of aromatic nitrogens is 3. The molecule has 0 saturated carbocycles. The molecule has 0 fully saturated rings. The number of hydrogen-bond acceptors (Lipinski definition) is 6. The Bertz CT molecular complexity index is 737. The zero-order valence-corrected chi connectivity index (χ0v) is 11.6. The van der Waals surface area contributed by atoms with Gasteiger partial charge in [0.25, 0.3) is 0 Å². The van der Waals surface area contributed by atoms with Gasteiger partial charge in [0.2, 0.25) is 0 Å². The minimum atomic E-state index is 0.567. The van der Waals surface area contributed by atoms with Gasteiger partial charge in [-0.15, -0.1) is 0 Å². The number of ether oxygens (including phenoxy) is 1. The van der Waals surface area contributed by atoms with E-state index in [9.17, 15) is 0 Å². The maximum atomic E-state index is 5.43. The van der Waals surface area contributed by atoms with Crippen LogP contribution in [0.3, 0.4) is 0 Å². The Morgan fingerprint density at radius 3 is 2.81 bits per heavy atom. The van der Waals surface area contributed by atoms with Crippen molar-refractivity contribution in [1.82, 2.24) is 14.4 Å². The SMILES string of the molecule is COc1ccc(CNc2nc(NN)cn3ccnc23)cc1. The van der Waals surface area contributed by atoms with E-state index in [-0.39, 0.29) is 0 Å². The molecule has 2 heterocycles. The molecule has 0 aliphatic carbocycles. The van der Waals surface area contributed by atoms with Gasteiger partial charge in [0.05, 0.1) is 13.3 Å². The van der Waals surface area contributed by atoms with Crippen LogP contribution in [0.1, 0.15) is 5.56 Å². The van der Waals surface area contributed by atoms with E-state index < -0.39 is 0 Å². The highest BCUT2D eigenvalue weighted by Gasteiger charge is 2.06. The van der Waals surface area contributed by atoms with E-state index in [4.69, 9.17) is 10.6 Å². The minimum Gasteiger partial charge on any atom is -0.497 e. The maximum Gasteiger partial charge on any atom is 0.180 e. The van der Waals surface area contributed by atoms with Crippen LogP contribution in [-0.4, -0.2) is 21.5 Å². The number of nitrogen functional groups attached to an aromatic ring is 1. The van der Waals surface area contributed by atoms with Gasteiger partial charge in [-0.25, -0.2) is 15.8 Å². The first-order valence-electron chi connectivity index (χ1n) is 6.47. The van der Waals surface area contributed by atoms with Crippen LogP contribution in [-0.2, 0) is 6.54 Å². The van der Waals surface area contributed by atoms with Gasteiger partial charge in [-0.05, 0) is 17.7 Å². The van der Waals surface area contributed by atoms with Crippen LogP contribution in [0.5, 0.6) is 5.75 Å². The Labute approximate surface area is 121 Å². The lowest BCUT2D eigenvalue weighted by Crippen LogP contribution is -2.12. The predicted octanol–water partition coefficient (Wildman–Crippen LogP) is 1.64. The molecule has 3 aromatic rings. The fraction of sp³-hybridized carbons (Fsp3) is 0.143. The number of hydrogen-bond donors (Lipinski definition) is 3. The molecule has 21 heavy (non-hydrogen) atoms. The highest BCUT2D eigenvalue weighted by atomic mass is 16.5. The van der Waals surface area contributed by atoms with Crippen molar-refractivity contribution in [2.24, 2.45) is 5.84 Å². The van der Waals surface area contributed by atoms with Crippen molar-refractivity contribution in [3.63, 3.8) is 0 Å². The maximum absolute atomic E-state index is 5.43. The summed E-state index contributed by atoms with van der Waals surface area (Å²) in [5.74, 6) is 7.50. The second-order valence-corrected chi connectivity index (χ2v) is 4.48. The molecule has 0 atom stereocenters. The smallest absolute Gasteiger partial charge is 0.180 e. The number of hydrazine groups is 1. The number of fused-ring (bicyclic) bond motifs is 1. The molecule has 2 aromatic heterocycles. The summed E-state index contributed by atoms with van der Waals surface area (Å²) in [4.78, 5) is 8.67. The summed E-state index contributed by atoms with van der Waals surface area (Å²) in [6, 6.07) is 7.85. The second kappa shape index (κ2) is 5.68. The Morgan fingerprint density at radius 1 is 1.29 bits per heavy atom. The fourth-order valence-corrected chi connectivity index (χ4v) is 2.05. The van der Waals surface area contributed by atoms with Crippen LogP contribution in [0.15, 0.2) is 42.9 Å². The molecule has 0 bridgehead atoms. The van der Waals surface area contributed by atoms with E-state index in [0.717, 1.165) is 17.0 Å². The first-order valence-corrected chi connectivity index (χ1v) is 6.47. The number of anilines is 2. The van der Waals surface area contributed by atoms with Gasteiger partial charge >= 0.3 is 0 Å². The molecule has 0 amide bonds. The average Bonchev–Trinajstić information content (AvgIpc) is 3.01. The van der Waals surface area contributed by atoms with E-state index in [1.807, 2.05) is 34.9 Å². The van der Waals surface area contributed by atoms with Crippen LogP contribution < -0.4 is 21.3 Å². The Morgan fingerprint density at radius 2 is 2.10 bits per heavy atom. The minimum absolute atomic E-state index is 0.567. The number of methoxy groups -OCH3 is 1. The Balaban J connectivity index is 1.81. The monoisotopic (exact) mass is 284 g/mol. The molecular weight excluding hydrogens is 268 g/mol. The standard InChI is InChI=1S/C14H16N6O/c1-21-11-4-2-10(3-5-11)8-17-13-14-16-6-7-20(14)9-12(18-13)19-15/h2-7,9,19H,8,15H2,1H3,(H,17,18). The van der Waals surface area contributed by atoms with Crippen molar-refractivity contribution in [2.75, 3.05) is 17.9 Å². The van der Waals surface area contributed by atoms with Gasteiger partial charge in [-0.3, -0.25) is 0 Å². The van der Waals surface area contributed by atoms with Crippen LogP contribution in [0.2, 0.25) is 0 Å². The third-order valence-corrected chi connectivity index (χ3v) is 3.14. The number of benzene rings is 1. The molecule has 108 valence electrons. The highest BCUT2D eigenvalue weighted by Crippen LogP contribution is 2.17. The summed E-state index contributed by atoms with van der Waals surface area (Å²) in [7, 11) is 1.65. The van der Waals surface area contributed by atoms with Crippen LogP contribution in [0, 0.1) is 0 Å². The average molecular weight is 284 g/mol. The van der Waals surface area contributed by atoms with Crippen molar-refractivity contribution in [3.8, 4) is 5.75 Å².